The monoisotopic (exact) mass is 188 g/mol. The molecule has 9 heavy (non-hydrogen) atoms. The van der Waals surface area contributed by atoms with Crippen LogP contribution in [0.15, 0.2) is 0 Å². The summed E-state index contributed by atoms with van der Waals surface area (Å²) in [6.07, 6.45) is 0. The summed E-state index contributed by atoms with van der Waals surface area (Å²) in [5, 5.41) is 19.0. The van der Waals surface area contributed by atoms with Crippen LogP contribution in [0.3, 0.4) is 0 Å². The van der Waals surface area contributed by atoms with E-state index in [2.05, 4.69) is 0 Å². The van der Waals surface area contributed by atoms with Crippen molar-refractivity contribution in [3.63, 3.8) is 0 Å². The molecule has 0 heterocycles. The lowest BCUT2D eigenvalue weighted by Gasteiger charge is -1.79. The first-order valence-corrected chi connectivity index (χ1v) is 4.83. The van der Waals surface area contributed by atoms with E-state index in [1.165, 1.54) is 0 Å². The lowest BCUT2D eigenvalue weighted by Crippen LogP contribution is -1.78. The second-order valence-electron chi connectivity index (χ2n) is 0.664. The van der Waals surface area contributed by atoms with Crippen LogP contribution in [0.4, 0.5) is 0 Å². The fraction of sp³-hybridized carbons (Fsp3) is 0. The molecule has 0 aromatic carbocycles. The van der Waals surface area contributed by atoms with Crippen LogP contribution in [-0.4, -0.2) is 8.66 Å². The van der Waals surface area contributed by atoms with Gasteiger partial charge in [0.1, 0.15) is 18.5 Å². The maximum Gasteiger partial charge on any atom is 0.318 e. The highest BCUT2D eigenvalue weighted by Crippen LogP contribution is 2.33. The third-order valence-corrected chi connectivity index (χ3v) is 2.74. The molecule has 0 aliphatic heterocycles. The predicted octanol–water partition coefficient (Wildman–Crippen LogP) is 1.40. The smallest absolute Gasteiger partial charge is 0.250 e. The van der Waals surface area contributed by atoms with Crippen molar-refractivity contribution in [3.05, 3.63) is 20.2 Å². The lowest BCUT2D eigenvalue weighted by molar-refractivity contribution is -0.282. The molecule has 0 radical (unpaired) electrons. The van der Waals surface area contributed by atoms with E-state index in [-0.39, 0.29) is 22.0 Å². The molecule has 0 aliphatic rings. The Bertz CT molecular complexity index is 109. The van der Waals surface area contributed by atoms with Crippen molar-refractivity contribution < 1.29 is 8.66 Å². The van der Waals surface area contributed by atoms with Crippen LogP contribution in [0.2, 0.25) is 0 Å². The topological polar surface area (TPSA) is 86.3 Å². The maximum atomic E-state index is 9.49. The highest BCUT2D eigenvalue weighted by atomic mass is 33.5. The number of hydrogen-bond donors (Lipinski definition) is 0. The highest BCUT2D eigenvalue weighted by Gasteiger charge is 2.09. The Morgan fingerprint density at radius 2 is 1.33 bits per heavy atom. The SMILES string of the molecule is O=[N+]([O-])SSS[N+](=O)[O-]. The van der Waals surface area contributed by atoms with Gasteiger partial charge < -0.3 is 0 Å². The van der Waals surface area contributed by atoms with Crippen molar-refractivity contribution in [2.45, 2.75) is 0 Å². The molecule has 6 nitrogen and oxygen atoms in total. The molecular formula is N2O4S3. The molecular weight excluding hydrogens is 188 g/mol. The third-order valence-electron chi connectivity index (χ3n) is 0.183. The Kier molecular flexibility index (Phi) is 4.62. The Morgan fingerprint density at radius 1 is 1.00 bits per heavy atom. The molecule has 0 saturated heterocycles. The normalized spacial score (nSPS) is 8.89. The zero-order valence-electron chi connectivity index (χ0n) is 3.75. The molecule has 52 valence electrons. The summed E-state index contributed by atoms with van der Waals surface area (Å²) < 4.78 is -1.41. The maximum absolute atomic E-state index is 9.49. The second kappa shape index (κ2) is 4.70. The molecule has 0 rings (SSSR count). The number of nitrogens with zero attached hydrogens (tertiary/aromatic N) is 2. The van der Waals surface area contributed by atoms with Gasteiger partial charge in [-0.2, -0.15) is 0 Å². The summed E-state index contributed by atoms with van der Waals surface area (Å²) in [4.78, 5) is 19.0. The minimum absolute atomic E-state index is 0.220. The molecule has 0 aliphatic carbocycles. The zero-order chi connectivity index (χ0) is 7.28. The summed E-state index contributed by atoms with van der Waals surface area (Å²) in [5.74, 6) is 0. The fourth-order valence-electron chi connectivity index (χ4n) is 0.0633. The molecule has 0 spiro atoms. The van der Waals surface area contributed by atoms with Crippen molar-refractivity contribution in [1.29, 1.82) is 0 Å². The average Bonchev–Trinajstić information content (AvgIpc) is 1.63. The van der Waals surface area contributed by atoms with E-state index in [9.17, 15) is 20.2 Å². The van der Waals surface area contributed by atoms with Gasteiger partial charge in [-0.1, -0.05) is 0 Å². The molecule has 0 aromatic heterocycles. The van der Waals surface area contributed by atoms with E-state index in [4.69, 9.17) is 0 Å². The first kappa shape index (κ1) is 8.85. The van der Waals surface area contributed by atoms with Crippen molar-refractivity contribution in [1.82, 2.24) is 0 Å². The highest BCUT2D eigenvalue weighted by molar-refractivity contribution is 9.07. The summed E-state index contributed by atoms with van der Waals surface area (Å²) in [6.45, 7) is 0. The molecule has 9 heteroatoms. The molecule has 0 fully saturated rings. The van der Waals surface area contributed by atoms with Gasteiger partial charge in [-0.25, -0.2) is 20.2 Å². The summed E-state index contributed by atoms with van der Waals surface area (Å²) in [6, 6.07) is 0. The van der Waals surface area contributed by atoms with E-state index in [1.54, 1.807) is 0 Å². The Morgan fingerprint density at radius 3 is 1.56 bits per heavy atom. The second-order valence-corrected chi connectivity index (χ2v) is 4.22. The summed E-state index contributed by atoms with van der Waals surface area (Å²) in [5.41, 5.74) is 0. The van der Waals surface area contributed by atoms with Gasteiger partial charge in [0.25, 0.3) is 0 Å². The largest absolute Gasteiger partial charge is 0.318 e. The van der Waals surface area contributed by atoms with Crippen molar-refractivity contribution in [3.8, 4) is 0 Å². The molecule has 0 bridgehead atoms. The number of nitro groups is 2. The molecule has 0 aromatic rings. The molecule has 0 atom stereocenters. The molecule has 0 saturated carbocycles. The summed E-state index contributed by atoms with van der Waals surface area (Å²) >= 11 is 0. The first-order chi connectivity index (χ1) is 4.13. The lowest BCUT2D eigenvalue weighted by atomic mass is 13.4. The van der Waals surface area contributed by atoms with Crippen LogP contribution >= 0.6 is 31.8 Å². The van der Waals surface area contributed by atoms with Crippen LogP contribution in [0.1, 0.15) is 0 Å². The van der Waals surface area contributed by atoms with E-state index >= 15 is 0 Å². The number of rotatable bonds is 4. The van der Waals surface area contributed by atoms with E-state index in [1.807, 2.05) is 0 Å². The zero-order valence-corrected chi connectivity index (χ0v) is 6.20. The van der Waals surface area contributed by atoms with Crippen LogP contribution in [0.5, 0.6) is 0 Å². The minimum atomic E-state index is -0.707. The van der Waals surface area contributed by atoms with Crippen LogP contribution in [-0.2, 0) is 0 Å². The van der Waals surface area contributed by atoms with Crippen LogP contribution < -0.4 is 0 Å². The van der Waals surface area contributed by atoms with E-state index in [0.717, 1.165) is 0 Å². The van der Waals surface area contributed by atoms with Gasteiger partial charge in [0, 0.05) is 0 Å². The first-order valence-electron chi connectivity index (χ1n) is 1.43. The standard InChI is InChI=1S/N2O4S3/c3-1(4)7-9-8-2(5)6. The molecule has 0 N–H and O–H groups in total. The van der Waals surface area contributed by atoms with Gasteiger partial charge in [-0.05, 0) is 0 Å². The third kappa shape index (κ3) is 7.85. The van der Waals surface area contributed by atoms with Crippen molar-refractivity contribution >= 4 is 31.8 Å². The van der Waals surface area contributed by atoms with Gasteiger partial charge >= 0.3 is 22.0 Å². The number of hydrogen-bond acceptors (Lipinski definition) is 7. The average molecular weight is 188 g/mol. The van der Waals surface area contributed by atoms with E-state index in [0.29, 0.717) is 9.83 Å². The Labute approximate surface area is 61.1 Å². The van der Waals surface area contributed by atoms with Crippen LogP contribution in [0, 0.1) is 20.2 Å². The van der Waals surface area contributed by atoms with Crippen LogP contribution in [0.25, 0.3) is 0 Å². The van der Waals surface area contributed by atoms with Gasteiger partial charge in [0.2, 0.25) is 0 Å². The van der Waals surface area contributed by atoms with Gasteiger partial charge in [-0.15, -0.1) is 0 Å². The Balaban J connectivity index is 3.10. The minimum Gasteiger partial charge on any atom is -0.250 e. The van der Waals surface area contributed by atoms with Gasteiger partial charge in [-0.3, -0.25) is 0 Å². The van der Waals surface area contributed by atoms with Gasteiger partial charge in [0.05, 0.1) is 0 Å². The van der Waals surface area contributed by atoms with Crippen molar-refractivity contribution in [2.75, 3.05) is 0 Å². The quantitative estimate of drug-likeness (QED) is 0.285. The predicted molar refractivity (Wildman–Crippen MR) is 36.8 cm³/mol. The summed E-state index contributed by atoms with van der Waals surface area (Å²) in [7, 11) is 0.944. The van der Waals surface area contributed by atoms with Crippen molar-refractivity contribution in [2.24, 2.45) is 0 Å². The molecule has 0 unspecified atom stereocenters. The molecule has 0 amide bonds. The van der Waals surface area contributed by atoms with Gasteiger partial charge in [0.15, 0.2) is 0 Å². The fourth-order valence-corrected chi connectivity index (χ4v) is 1.71. The Hall–Kier alpha value is -0.150. The van der Waals surface area contributed by atoms with E-state index < -0.39 is 8.66 Å².